The highest BCUT2D eigenvalue weighted by Gasteiger charge is 2.11. The summed E-state index contributed by atoms with van der Waals surface area (Å²) >= 11 is 4.97. The molecule has 1 aromatic rings. The maximum atomic E-state index is 9.41. The SMILES string of the molecule is CC(O)C(C)Sc1ccc(C(=N)N)c(Br)c1. The summed E-state index contributed by atoms with van der Waals surface area (Å²) in [7, 11) is 0. The molecule has 0 heterocycles. The van der Waals surface area contributed by atoms with Crippen molar-refractivity contribution in [3.8, 4) is 0 Å². The molecule has 0 amide bonds. The van der Waals surface area contributed by atoms with Gasteiger partial charge in [0, 0.05) is 20.2 Å². The van der Waals surface area contributed by atoms with Crippen LogP contribution in [0.25, 0.3) is 0 Å². The third kappa shape index (κ3) is 3.50. The Morgan fingerprint density at radius 2 is 2.12 bits per heavy atom. The first-order valence-corrected chi connectivity index (χ1v) is 6.57. The Morgan fingerprint density at radius 3 is 2.56 bits per heavy atom. The van der Waals surface area contributed by atoms with Crippen LogP contribution in [-0.2, 0) is 0 Å². The maximum absolute atomic E-state index is 9.41. The van der Waals surface area contributed by atoms with Gasteiger partial charge in [-0.05, 0) is 41.1 Å². The number of hydrogen-bond acceptors (Lipinski definition) is 3. The molecular formula is C11H15BrN2OS. The topological polar surface area (TPSA) is 70.1 Å². The van der Waals surface area contributed by atoms with Crippen LogP contribution in [0.15, 0.2) is 27.6 Å². The summed E-state index contributed by atoms with van der Waals surface area (Å²) in [5.74, 6) is 0.0481. The highest BCUT2D eigenvalue weighted by Crippen LogP contribution is 2.29. The van der Waals surface area contributed by atoms with Crippen molar-refractivity contribution in [3.05, 3.63) is 28.2 Å². The standard InChI is InChI=1S/C11H15BrN2OS/c1-6(15)7(2)16-8-3-4-9(11(13)14)10(12)5-8/h3-7,15H,1-2H3,(H3,13,14). The third-order valence-electron chi connectivity index (χ3n) is 2.23. The average molecular weight is 303 g/mol. The van der Waals surface area contributed by atoms with Crippen molar-refractivity contribution in [1.82, 2.24) is 0 Å². The highest BCUT2D eigenvalue weighted by atomic mass is 79.9. The van der Waals surface area contributed by atoms with Crippen molar-refractivity contribution in [2.24, 2.45) is 5.73 Å². The van der Waals surface area contributed by atoms with Gasteiger partial charge >= 0.3 is 0 Å². The normalized spacial score (nSPS) is 14.5. The Labute approximate surface area is 108 Å². The maximum Gasteiger partial charge on any atom is 0.123 e. The molecule has 5 heteroatoms. The number of nitrogen functional groups attached to an aromatic ring is 1. The predicted octanol–water partition coefficient (Wildman–Crippen LogP) is 2.59. The minimum Gasteiger partial charge on any atom is -0.392 e. The van der Waals surface area contributed by atoms with Crippen molar-refractivity contribution >= 4 is 33.5 Å². The van der Waals surface area contributed by atoms with Gasteiger partial charge in [0.15, 0.2) is 0 Å². The Bertz CT molecular complexity index is 396. The van der Waals surface area contributed by atoms with Gasteiger partial charge in [0.1, 0.15) is 5.84 Å². The number of rotatable bonds is 4. The first-order valence-electron chi connectivity index (χ1n) is 4.90. The number of benzene rings is 1. The van der Waals surface area contributed by atoms with E-state index in [0.29, 0.717) is 5.56 Å². The smallest absolute Gasteiger partial charge is 0.123 e. The summed E-state index contributed by atoms with van der Waals surface area (Å²) in [6, 6.07) is 5.63. The number of halogens is 1. The molecule has 0 saturated heterocycles. The van der Waals surface area contributed by atoms with Crippen LogP contribution in [0.5, 0.6) is 0 Å². The number of thioether (sulfide) groups is 1. The molecular weight excluding hydrogens is 288 g/mol. The Balaban J connectivity index is 2.85. The largest absolute Gasteiger partial charge is 0.392 e. The lowest BCUT2D eigenvalue weighted by Gasteiger charge is -2.14. The van der Waals surface area contributed by atoms with Crippen LogP contribution in [0, 0.1) is 5.41 Å². The Kier molecular flexibility index (Phi) is 4.83. The molecule has 0 aliphatic carbocycles. The summed E-state index contributed by atoms with van der Waals surface area (Å²) in [5.41, 5.74) is 6.11. The van der Waals surface area contributed by atoms with Gasteiger partial charge in [0.2, 0.25) is 0 Å². The van der Waals surface area contributed by atoms with Crippen LogP contribution in [0.4, 0.5) is 0 Å². The van der Waals surface area contributed by atoms with Crippen LogP contribution in [0.1, 0.15) is 19.4 Å². The molecule has 88 valence electrons. The van der Waals surface area contributed by atoms with Crippen LogP contribution in [-0.4, -0.2) is 22.3 Å². The van der Waals surface area contributed by atoms with Gasteiger partial charge < -0.3 is 10.8 Å². The minimum absolute atomic E-state index is 0.0481. The fraction of sp³-hybridized carbons (Fsp3) is 0.364. The monoisotopic (exact) mass is 302 g/mol. The number of aliphatic hydroxyl groups excluding tert-OH is 1. The van der Waals surface area contributed by atoms with E-state index in [1.165, 1.54) is 0 Å². The molecule has 0 spiro atoms. The molecule has 2 atom stereocenters. The van der Waals surface area contributed by atoms with E-state index in [9.17, 15) is 5.11 Å². The second-order valence-corrected chi connectivity index (χ2v) is 5.92. The molecule has 4 N–H and O–H groups in total. The molecule has 0 aromatic heterocycles. The van der Waals surface area contributed by atoms with Crippen molar-refractivity contribution in [2.45, 2.75) is 30.1 Å². The van der Waals surface area contributed by atoms with Crippen molar-refractivity contribution in [3.63, 3.8) is 0 Å². The van der Waals surface area contributed by atoms with Crippen molar-refractivity contribution in [1.29, 1.82) is 5.41 Å². The Morgan fingerprint density at radius 1 is 1.50 bits per heavy atom. The van der Waals surface area contributed by atoms with Gasteiger partial charge in [-0.25, -0.2) is 0 Å². The van der Waals surface area contributed by atoms with Crippen LogP contribution in [0.3, 0.4) is 0 Å². The van der Waals surface area contributed by atoms with Gasteiger partial charge in [-0.2, -0.15) is 0 Å². The van der Waals surface area contributed by atoms with E-state index in [1.807, 2.05) is 25.1 Å². The van der Waals surface area contributed by atoms with E-state index in [1.54, 1.807) is 18.7 Å². The van der Waals surface area contributed by atoms with E-state index in [-0.39, 0.29) is 17.2 Å². The number of amidine groups is 1. The molecule has 2 unspecified atom stereocenters. The second-order valence-electron chi connectivity index (χ2n) is 3.62. The fourth-order valence-corrected chi connectivity index (χ4v) is 2.80. The van der Waals surface area contributed by atoms with Crippen LogP contribution < -0.4 is 5.73 Å². The highest BCUT2D eigenvalue weighted by molar-refractivity contribution is 9.10. The van der Waals surface area contributed by atoms with E-state index in [2.05, 4.69) is 15.9 Å². The molecule has 1 rings (SSSR count). The van der Waals surface area contributed by atoms with E-state index >= 15 is 0 Å². The molecule has 3 nitrogen and oxygen atoms in total. The summed E-state index contributed by atoms with van der Waals surface area (Å²) in [6.45, 7) is 3.75. The van der Waals surface area contributed by atoms with Gasteiger partial charge in [0.25, 0.3) is 0 Å². The van der Waals surface area contributed by atoms with E-state index < -0.39 is 0 Å². The molecule has 0 fully saturated rings. The van der Waals surface area contributed by atoms with Gasteiger partial charge in [-0.1, -0.05) is 6.92 Å². The number of nitrogens with two attached hydrogens (primary N) is 1. The number of aliphatic hydroxyl groups is 1. The van der Waals surface area contributed by atoms with Crippen molar-refractivity contribution < 1.29 is 5.11 Å². The average Bonchev–Trinajstić information content (AvgIpc) is 2.16. The molecule has 0 bridgehead atoms. The van der Waals surface area contributed by atoms with Gasteiger partial charge in [-0.15, -0.1) is 11.8 Å². The summed E-state index contributed by atoms with van der Waals surface area (Å²) in [4.78, 5) is 1.05. The lowest BCUT2D eigenvalue weighted by molar-refractivity contribution is 0.196. The third-order valence-corrected chi connectivity index (χ3v) is 4.18. The molecule has 1 aromatic carbocycles. The quantitative estimate of drug-likeness (QED) is 0.455. The predicted molar refractivity (Wildman–Crippen MR) is 72.2 cm³/mol. The van der Waals surface area contributed by atoms with Crippen molar-refractivity contribution in [2.75, 3.05) is 0 Å². The zero-order valence-corrected chi connectivity index (χ0v) is 11.6. The molecule has 0 aliphatic rings. The van der Waals surface area contributed by atoms with Gasteiger partial charge in [-0.3, -0.25) is 5.41 Å². The number of nitrogens with one attached hydrogen (secondary N) is 1. The summed E-state index contributed by atoms with van der Waals surface area (Å²) in [6.07, 6.45) is -0.351. The summed E-state index contributed by atoms with van der Waals surface area (Å²) in [5, 5.41) is 16.9. The minimum atomic E-state index is -0.351. The first-order chi connectivity index (χ1) is 7.41. The lowest BCUT2D eigenvalue weighted by atomic mass is 10.2. The molecule has 0 radical (unpaired) electrons. The molecule has 16 heavy (non-hydrogen) atoms. The fourth-order valence-electron chi connectivity index (χ4n) is 1.10. The Hall–Kier alpha value is -0.520. The van der Waals surface area contributed by atoms with Crippen LogP contribution >= 0.6 is 27.7 Å². The second kappa shape index (κ2) is 5.70. The number of hydrogen-bond donors (Lipinski definition) is 3. The zero-order valence-electron chi connectivity index (χ0n) is 9.20. The van der Waals surface area contributed by atoms with Crippen LogP contribution in [0.2, 0.25) is 0 Å². The van der Waals surface area contributed by atoms with Gasteiger partial charge in [0.05, 0.1) is 6.10 Å². The molecule has 0 aliphatic heterocycles. The zero-order chi connectivity index (χ0) is 12.3. The first kappa shape index (κ1) is 13.5. The van der Waals surface area contributed by atoms with E-state index in [4.69, 9.17) is 11.1 Å². The van der Waals surface area contributed by atoms with E-state index in [0.717, 1.165) is 9.37 Å². The summed E-state index contributed by atoms with van der Waals surface area (Å²) < 4.78 is 0.808. The molecule has 0 saturated carbocycles. The lowest BCUT2D eigenvalue weighted by Crippen LogP contribution is -2.15.